The van der Waals surface area contributed by atoms with Crippen molar-refractivity contribution in [1.29, 1.82) is 0 Å². The lowest BCUT2D eigenvalue weighted by Gasteiger charge is -2.19. The molecular formula is C20H24ClN3O. The van der Waals surface area contributed by atoms with E-state index in [2.05, 4.69) is 48.7 Å². The standard InChI is InChI=1S/C20H24ClN3O/c1-14(15-5-7-16(8-6-15)20(2,3)4)23-24-19(25)13-22-18-11-9-17(21)10-12-18/h5-12,22H,13H2,1-4H3,(H,24,25)/b23-14-. The molecule has 0 spiro atoms. The third kappa shape index (κ3) is 5.91. The van der Waals surface area contributed by atoms with Crippen LogP contribution in [0, 0.1) is 0 Å². The largest absolute Gasteiger partial charge is 0.376 e. The summed E-state index contributed by atoms with van der Waals surface area (Å²) in [5.41, 5.74) is 6.53. The van der Waals surface area contributed by atoms with Crippen LogP contribution in [0.1, 0.15) is 38.8 Å². The maximum atomic E-state index is 11.9. The maximum Gasteiger partial charge on any atom is 0.259 e. The molecule has 5 heteroatoms. The van der Waals surface area contributed by atoms with E-state index in [4.69, 9.17) is 11.6 Å². The molecule has 1 amide bonds. The van der Waals surface area contributed by atoms with Crippen molar-refractivity contribution in [2.75, 3.05) is 11.9 Å². The van der Waals surface area contributed by atoms with Gasteiger partial charge in [0.2, 0.25) is 0 Å². The van der Waals surface area contributed by atoms with Crippen LogP contribution in [-0.2, 0) is 10.2 Å². The van der Waals surface area contributed by atoms with Gasteiger partial charge in [0, 0.05) is 10.7 Å². The summed E-state index contributed by atoms with van der Waals surface area (Å²) in [5.74, 6) is -0.208. The quantitative estimate of drug-likeness (QED) is 0.607. The number of benzene rings is 2. The highest BCUT2D eigenvalue weighted by atomic mass is 35.5. The van der Waals surface area contributed by atoms with Gasteiger partial charge in [-0.15, -0.1) is 0 Å². The first kappa shape index (κ1) is 19.0. The zero-order valence-corrected chi connectivity index (χ0v) is 15.8. The Morgan fingerprint density at radius 3 is 2.20 bits per heavy atom. The summed E-state index contributed by atoms with van der Waals surface area (Å²) in [4.78, 5) is 11.9. The molecule has 25 heavy (non-hydrogen) atoms. The van der Waals surface area contributed by atoms with Gasteiger partial charge in [-0.1, -0.05) is 56.6 Å². The van der Waals surface area contributed by atoms with Gasteiger partial charge in [-0.2, -0.15) is 5.10 Å². The Morgan fingerprint density at radius 1 is 1.04 bits per heavy atom. The molecule has 0 aliphatic heterocycles. The minimum absolute atomic E-state index is 0.116. The number of nitrogens with zero attached hydrogens (tertiary/aromatic N) is 1. The Hall–Kier alpha value is -2.33. The number of rotatable bonds is 5. The molecule has 2 aromatic carbocycles. The van der Waals surface area contributed by atoms with Gasteiger partial charge in [0.25, 0.3) is 5.91 Å². The van der Waals surface area contributed by atoms with E-state index in [1.54, 1.807) is 12.1 Å². The second-order valence-electron chi connectivity index (χ2n) is 6.92. The maximum absolute atomic E-state index is 11.9. The molecule has 2 aromatic rings. The van der Waals surface area contributed by atoms with Crippen LogP contribution in [0.5, 0.6) is 0 Å². The summed E-state index contributed by atoms with van der Waals surface area (Å²) >= 11 is 5.83. The topological polar surface area (TPSA) is 53.5 Å². The lowest BCUT2D eigenvalue weighted by molar-refractivity contribution is -0.119. The van der Waals surface area contributed by atoms with Gasteiger partial charge >= 0.3 is 0 Å². The molecule has 0 aliphatic rings. The van der Waals surface area contributed by atoms with Gasteiger partial charge in [0.05, 0.1) is 12.3 Å². The summed E-state index contributed by atoms with van der Waals surface area (Å²) in [7, 11) is 0. The summed E-state index contributed by atoms with van der Waals surface area (Å²) in [5, 5.41) is 7.85. The van der Waals surface area contributed by atoms with Gasteiger partial charge in [-0.3, -0.25) is 4.79 Å². The number of amides is 1. The van der Waals surface area contributed by atoms with E-state index < -0.39 is 0 Å². The van der Waals surface area contributed by atoms with Gasteiger partial charge in [-0.25, -0.2) is 5.43 Å². The van der Waals surface area contributed by atoms with Crippen molar-refractivity contribution in [2.24, 2.45) is 5.10 Å². The van der Waals surface area contributed by atoms with Crippen molar-refractivity contribution >= 4 is 28.9 Å². The van der Waals surface area contributed by atoms with E-state index >= 15 is 0 Å². The van der Waals surface area contributed by atoms with Gasteiger partial charge in [-0.05, 0) is 47.7 Å². The lowest BCUT2D eigenvalue weighted by atomic mass is 9.86. The average molecular weight is 358 g/mol. The highest BCUT2D eigenvalue weighted by Gasteiger charge is 2.13. The summed E-state index contributed by atoms with van der Waals surface area (Å²) < 4.78 is 0. The minimum Gasteiger partial charge on any atom is -0.376 e. The molecule has 0 unspecified atom stereocenters. The van der Waals surface area contributed by atoms with Gasteiger partial charge < -0.3 is 5.32 Å². The predicted molar refractivity (Wildman–Crippen MR) is 105 cm³/mol. The summed E-state index contributed by atoms with van der Waals surface area (Å²) in [6.45, 7) is 8.55. The normalized spacial score (nSPS) is 12.0. The Kier molecular flexibility index (Phi) is 6.21. The number of carbonyl (C=O) groups is 1. The number of carbonyl (C=O) groups excluding carboxylic acids is 1. The zero-order chi connectivity index (χ0) is 18.4. The molecule has 0 radical (unpaired) electrons. The van der Waals surface area contributed by atoms with Crippen molar-refractivity contribution in [3.8, 4) is 0 Å². The van der Waals surface area contributed by atoms with E-state index in [0.717, 1.165) is 17.0 Å². The summed E-state index contributed by atoms with van der Waals surface area (Å²) in [6, 6.07) is 15.4. The monoisotopic (exact) mass is 357 g/mol. The Bertz CT molecular complexity index is 744. The fourth-order valence-corrected chi connectivity index (χ4v) is 2.34. The zero-order valence-electron chi connectivity index (χ0n) is 15.1. The number of hydrogen-bond donors (Lipinski definition) is 2. The molecule has 0 fully saturated rings. The van der Waals surface area contributed by atoms with E-state index in [0.29, 0.717) is 5.02 Å². The lowest BCUT2D eigenvalue weighted by Crippen LogP contribution is -2.26. The molecule has 4 nitrogen and oxygen atoms in total. The van der Waals surface area contributed by atoms with E-state index in [1.165, 1.54) is 5.56 Å². The van der Waals surface area contributed by atoms with E-state index in [1.807, 2.05) is 31.2 Å². The highest BCUT2D eigenvalue weighted by Crippen LogP contribution is 2.22. The molecule has 0 heterocycles. The van der Waals surface area contributed by atoms with Crippen LogP contribution in [0.4, 0.5) is 5.69 Å². The van der Waals surface area contributed by atoms with Crippen LogP contribution in [0.3, 0.4) is 0 Å². The molecule has 2 N–H and O–H groups in total. The molecule has 0 bridgehead atoms. The number of hydrogen-bond acceptors (Lipinski definition) is 3. The molecule has 0 saturated heterocycles. The fraction of sp³-hybridized carbons (Fsp3) is 0.300. The molecular weight excluding hydrogens is 334 g/mol. The van der Waals surface area contributed by atoms with Crippen LogP contribution in [0.2, 0.25) is 5.02 Å². The molecule has 0 aliphatic carbocycles. The third-order valence-electron chi connectivity index (χ3n) is 3.81. The number of anilines is 1. The number of hydrazone groups is 1. The van der Waals surface area contributed by atoms with Crippen molar-refractivity contribution in [3.05, 3.63) is 64.7 Å². The molecule has 2 rings (SSSR count). The number of halogens is 1. The minimum atomic E-state index is -0.208. The van der Waals surface area contributed by atoms with E-state index in [-0.39, 0.29) is 17.9 Å². The second-order valence-corrected chi connectivity index (χ2v) is 7.36. The Balaban J connectivity index is 1.89. The first-order valence-electron chi connectivity index (χ1n) is 8.19. The Morgan fingerprint density at radius 2 is 1.64 bits per heavy atom. The van der Waals surface area contributed by atoms with Crippen molar-refractivity contribution < 1.29 is 4.79 Å². The number of nitrogens with one attached hydrogen (secondary N) is 2. The highest BCUT2D eigenvalue weighted by molar-refractivity contribution is 6.30. The Labute approximate surface area is 154 Å². The average Bonchev–Trinajstić information content (AvgIpc) is 2.58. The van der Waals surface area contributed by atoms with Crippen LogP contribution in [-0.4, -0.2) is 18.2 Å². The van der Waals surface area contributed by atoms with Gasteiger partial charge in [0.1, 0.15) is 0 Å². The summed E-state index contributed by atoms with van der Waals surface area (Å²) in [6.07, 6.45) is 0. The predicted octanol–water partition coefficient (Wildman–Crippen LogP) is 4.59. The molecule has 0 atom stereocenters. The second kappa shape index (κ2) is 8.17. The van der Waals surface area contributed by atoms with Gasteiger partial charge in [0.15, 0.2) is 0 Å². The van der Waals surface area contributed by atoms with Crippen LogP contribution >= 0.6 is 11.6 Å². The smallest absolute Gasteiger partial charge is 0.259 e. The van der Waals surface area contributed by atoms with Crippen molar-refractivity contribution in [1.82, 2.24) is 5.43 Å². The van der Waals surface area contributed by atoms with Crippen LogP contribution < -0.4 is 10.7 Å². The van der Waals surface area contributed by atoms with Crippen molar-refractivity contribution in [3.63, 3.8) is 0 Å². The molecule has 132 valence electrons. The van der Waals surface area contributed by atoms with Crippen LogP contribution in [0.25, 0.3) is 0 Å². The first-order valence-corrected chi connectivity index (χ1v) is 8.57. The van der Waals surface area contributed by atoms with E-state index in [9.17, 15) is 4.79 Å². The SMILES string of the molecule is C/C(=N/NC(=O)CNc1ccc(Cl)cc1)c1ccc(C(C)(C)C)cc1. The fourth-order valence-electron chi connectivity index (χ4n) is 2.21. The van der Waals surface area contributed by atoms with Crippen molar-refractivity contribution in [2.45, 2.75) is 33.1 Å². The molecule has 0 saturated carbocycles. The first-order chi connectivity index (χ1) is 11.8. The third-order valence-corrected chi connectivity index (χ3v) is 4.07. The molecule has 0 aromatic heterocycles. The van der Waals surface area contributed by atoms with Crippen LogP contribution in [0.15, 0.2) is 53.6 Å².